The van der Waals surface area contributed by atoms with Crippen LogP contribution in [0, 0.1) is 0 Å². The zero-order valence-corrected chi connectivity index (χ0v) is 14.8. The molecule has 0 aliphatic rings. The van der Waals surface area contributed by atoms with Crippen molar-refractivity contribution in [3.8, 4) is 17.2 Å². The van der Waals surface area contributed by atoms with Gasteiger partial charge in [0.15, 0.2) is 6.61 Å². The van der Waals surface area contributed by atoms with Gasteiger partial charge in [0.25, 0.3) is 5.91 Å². The summed E-state index contributed by atoms with van der Waals surface area (Å²) in [5, 5.41) is 11.8. The van der Waals surface area contributed by atoms with E-state index in [0.29, 0.717) is 17.2 Å². The van der Waals surface area contributed by atoms with Gasteiger partial charge in [0.1, 0.15) is 17.2 Å². The number of hydrogen-bond donors (Lipinski definition) is 2. The summed E-state index contributed by atoms with van der Waals surface area (Å²) in [7, 11) is 1.54. The Morgan fingerprint density at radius 2 is 1.85 bits per heavy atom. The van der Waals surface area contributed by atoms with Gasteiger partial charge in [-0.15, -0.1) is 0 Å². The second-order valence-electron chi connectivity index (χ2n) is 5.70. The minimum Gasteiger partial charge on any atom is -0.497 e. The quantitative estimate of drug-likeness (QED) is 0.752. The van der Waals surface area contributed by atoms with Gasteiger partial charge in [0, 0.05) is 6.07 Å². The maximum absolute atomic E-state index is 12.2. The average molecular weight is 359 g/mol. The average Bonchev–Trinajstić information content (AvgIpc) is 2.61. The summed E-state index contributed by atoms with van der Waals surface area (Å²) in [4.78, 5) is 23.3. The molecule has 1 amide bonds. The van der Waals surface area contributed by atoms with Crippen LogP contribution in [-0.2, 0) is 4.79 Å². The predicted molar refractivity (Wildman–Crippen MR) is 96.3 cm³/mol. The van der Waals surface area contributed by atoms with Crippen molar-refractivity contribution in [3.05, 3.63) is 48.0 Å². The van der Waals surface area contributed by atoms with Crippen molar-refractivity contribution in [1.82, 2.24) is 0 Å². The minimum absolute atomic E-state index is 0.0464. The topological polar surface area (TPSA) is 94.1 Å². The number of amides is 1. The summed E-state index contributed by atoms with van der Waals surface area (Å²) in [6, 6.07) is 11.2. The predicted octanol–water partition coefficient (Wildman–Crippen LogP) is 3.20. The summed E-state index contributed by atoms with van der Waals surface area (Å²) in [6.45, 7) is 3.43. The van der Waals surface area contributed by atoms with Gasteiger partial charge in [-0.3, -0.25) is 4.79 Å². The van der Waals surface area contributed by atoms with Crippen LogP contribution in [0.1, 0.15) is 24.2 Å². The second kappa shape index (κ2) is 8.75. The smallest absolute Gasteiger partial charge is 0.335 e. The molecule has 2 aromatic rings. The first-order chi connectivity index (χ1) is 12.4. The molecule has 0 atom stereocenters. The van der Waals surface area contributed by atoms with Gasteiger partial charge >= 0.3 is 5.97 Å². The Kier molecular flexibility index (Phi) is 6.43. The SMILES string of the molecule is COc1cccc(OCC(=O)Nc2cc(C(=O)O)ccc2OC(C)C)c1. The molecule has 138 valence electrons. The van der Waals surface area contributed by atoms with Gasteiger partial charge in [-0.2, -0.15) is 0 Å². The molecular formula is C19H21NO6. The lowest BCUT2D eigenvalue weighted by Gasteiger charge is -2.16. The number of aromatic carboxylic acids is 1. The Bertz CT molecular complexity index is 787. The number of anilines is 1. The van der Waals surface area contributed by atoms with E-state index < -0.39 is 11.9 Å². The molecule has 2 N–H and O–H groups in total. The first kappa shape index (κ1) is 19.1. The molecule has 0 aliphatic heterocycles. The number of methoxy groups -OCH3 is 1. The monoisotopic (exact) mass is 359 g/mol. The highest BCUT2D eigenvalue weighted by molar-refractivity contribution is 5.96. The zero-order chi connectivity index (χ0) is 19.1. The van der Waals surface area contributed by atoms with Crippen LogP contribution in [0.15, 0.2) is 42.5 Å². The van der Waals surface area contributed by atoms with Gasteiger partial charge in [0.2, 0.25) is 0 Å². The van der Waals surface area contributed by atoms with E-state index in [-0.39, 0.29) is 24.0 Å². The molecule has 2 aromatic carbocycles. The number of rotatable bonds is 8. The van der Waals surface area contributed by atoms with Crippen LogP contribution in [0.25, 0.3) is 0 Å². The second-order valence-corrected chi connectivity index (χ2v) is 5.70. The summed E-state index contributed by atoms with van der Waals surface area (Å²) in [6.07, 6.45) is -0.130. The number of benzene rings is 2. The normalized spacial score (nSPS) is 10.3. The fourth-order valence-electron chi connectivity index (χ4n) is 2.14. The van der Waals surface area contributed by atoms with Crippen molar-refractivity contribution in [1.29, 1.82) is 0 Å². The van der Waals surface area contributed by atoms with Gasteiger partial charge < -0.3 is 24.6 Å². The molecule has 0 fully saturated rings. The Morgan fingerprint density at radius 3 is 2.50 bits per heavy atom. The maximum Gasteiger partial charge on any atom is 0.335 e. The number of carboxylic acid groups (broad SMARTS) is 1. The van der Waals surface area contributed by atoms with Crippen molar-refractivity contribution in [2.45, 2.75) is 20.0 Å². The largest absolute Gasteiger partial charge is 0.497 e. The Balaban J connectivity index is 2.08. The van der Waals surface area contributed by atoms with E-state index in [1.807, 2.05) is 13.8 Å². The number of carbonyl (C=O) groups is 2. The Labute approximate surface area is 151 Å². The van der Waals surface area contributed by atoms with Crippen LogP contribution >= 0.6 is 0 Å². The van der Waals surface area contributed by atoms with E-state index in [4.69, 9.17) is 19.3 Å². The number of ether oxygens (including phenoxy) is 3. The number of carboxylic acids is 1. The zero-order valence-electron chi connectivity index (χ0n) is 14.8. The molecule has 0 aliphatic carbocycles. The Morgan fingerprint density at radius 1 is 1.12 bits per heavy atom. The van der Waals surface area contributed by atoms with E-state index in [1.54, 1.807) is 24.3 Å². The van der Waals surface area contributed by atoms with E-state index in [2.05, 4.69) is 5.32 Å². The lowest BCUT2D eigenvalue weighted by molar-refractivity contribution is -0.118. The summed E-state index contributed by atoms with van der Waals surface area (Å²) < 4.78 is 16.1. The van der Waals surface area contributed by atoms with Crippen molar-refractivity contribution < 1.29 is 28.9 Å². The molecule has 0 spiro atoms. The number of hydrogen-bond acceptors (Lipinski definition) is 5. The first-order valence-electron chi connectivity index (χ1n) is 7.99. The van der Waals surface area contributed by atoms with E-state index in [1.165, 1.54) is 25.3 Å². The molecular weight excluding hydrogens is 338 g/mol. The lowest BCUT2D eigenvalue weighted by atomic mass is 10.2. The first-order valence-corrected chi connectivity index (χ1v) is 7.99. The van der Waals surface area contributed by atoms with Gasteiger partial charge in [-0.05, 0) is 44.2 Å². The minimum atomic E-state index is -1.09. The van der Waals surface area contributed by atoms with Crippen LogP contribution in [0.3, 0.4) is 0 Å². The molecule has 7 nitrogen and oxygen atoms in total. The molecule has 0 radical (unpaired) electrons. The highest BCUT2D eigenvalue weighted by atomic mass is 16.5. The standard InChI is InChI=1S/C19H21NO6/c1-12(2)26-17-8-7-13(19(22)23)9-16(17)20-18(21)11-25-15-6-4-5-14(10-15)24-3/h4-10,12H,11H2,1-3H3,(H,20,21)(H,22,23). The van der Waals surface area contributed by atoms with Crippen LogP contribution in [-0.4, -0.2) is 36.8 Å². The van der Waals surface area contributed by atoms with Crippen molar-refractivity contribution >= 4 is 17.6 Å². The van der Waals surface area contributed by atoms with E-state index in [9.17, 15) is 9.59 Å². The third kappa shape index (κ3) is 5.41. The van der Waals surface area contributed by atoms with Crippen LogP contribution < -0.4 is 19.5 Å². The number of carbonyl (C=O) groups excluding carboxylic acids is 1. The molecule has 0 saturated carbocycles. The molecule has 2 rings (SSSR count). The fraction of sp³-hybridized carbons (Fsp3) is 0.263. The molecule has 0 aromatic heterocycles. The lowest BCUT2D eigenvalue weighted by Crippen LogP contribution is -2.21. The molecule has 0 saturated heterocycles. The summed E-state index contributed by atoms with van der Waals surface area (Å²) in [5.41, 5.74) is 0.322. The van der Waals surface area contributed by atoms with Gasteiger partial charge in [0.05, 0.1) is 24.5 Å². The van der Waals surface area contributed by atoms with E-state index >= 15 is 0 Å². The molecule has 26 heavy (non-hydrogen) atoms. The van der Waals surface area contributed by atoms with Gasteiger partial charge in [-0.25, -0.2) is 4.79 Å². The third-order valence-electron chi connectivity index (χ3n) is 3.27. The molecule has 0 heterocycles. The van der Waals surface area contributed by atoms with Crippen molar-refractivity contribution in [2.75, 3.05) is 19.0 Å². The molecule has 0 bridgehead atoms. The van der Waals surface area contributed by atoms with Crippen molar-refractivity contribution in [3.63, 3.8) is 0 Å². The van der Waals surface area contributed by atoms with Crippen LogP contribution in [0.5, 0.6) is 17.2 Å². The highest BCUT2D eigenvalue weighted by Crippen LogP contribution is 2.27. The molecule has 7 heteroatoms. The summed E-state index contributed by atoms with van der Waals surface area (Å²) >= 11 is 0. The Hall–Kier alpha value is -3.22. The summed E-state index contributed by atoms with van der Waals surface area (Å²) in [5.74, 6) is -0.0463. The molecule has 0 unspecified atom stereocenters. The third-order valence-corrected chi connectivity index (χ3v) is 3.27. The highest BCUT2D eigenvalue weighted by Gasteiger charge is 2.14. The maximum atomic E-state index is 12.2. The van der Waals surface area contributed by atoms with Crippen LogP contribution in [0.2, 0.25) is 0 Å². The van der Waals surface area contributed by atoms with Crippen molar-refractivity contribution in [2.24, 2.45) is 0 Å². The van der Waals surface area contributed by atoms with Gasteiger partial charge in [-0.1, -0.05) is 6.07 Å². The van der Waals surface area contributed by atoms with Crippen LogP contribution in [0.4, 0.5) is 5.69 Å². The number of nitrogens with one attached hydrogen (secondary N) is 1. The fourth-order valence-corrected chi connectivity index (χ4v) is 2.14. The van der Waals surface area contributed by atoms with E-state index in [0.717, 1.165) is 0 Å².